The van der Waals surface area contributed by atoms with Gasteiger partial charge >= 0.3 is 11.9 Å². The minimum Gasteiger partial charge on any atom is -0.480 e. The number of nitrogens with one attached hydrogen (secondary N) is 1. The highest BCUT2D eigenvalue weighted by Crippen LogP contribution is 2.06. The zero-order valence-corrected chi connectivity index (χ0v) is 9.51. The maximum absolute atomic E-state index is 10.8. The Hall–Kier alpha value is -1.88. The molecule has 5 nitrogen and oxygen atoms in total. The summed E-state index contributed by atoms with van der Waals surface area (Å²) in [5.41, 5.74) is 0.956. The third kappa shape index (κ3) is 3.88. The van der Waals surface area contributed by atoms with Gasteiger partial charge in [0.25, 0.3) is 0 Å². The van der Waals surface area contributed by atoms with Gasteiger partial charge in [0.2, 0.25) is 0 Å². The van der Waals surface area contributed by atoms with E-state index in [1.807, 2.05) is 0 Å². The number of benzene rings is 1. The molecule has 5 heteroatoms. The Morgan fingerprint density at radius 1 is 1.35 bits per heavy atom. The molecule has 1 atom stereocenters. The minimum absolute atomic E-state index is 0.202. The molecule has 0 fully saturated rings. The predicted molar refractivity (Wildman–Crippen MR) is 62.0 cm³/mol. The highest BCUT2D eigenvalue weighted by atomic mass is 16.4. The molecule has 0 saturated carbocycles. The van der Waals surface area contributed by atoms with Crippen LogP contribution in [0, 0.1) is 0 Å². The van der Waals surface area contributed by atoms with Gasteiger partial charge in [0.1, 0.15) is 6.04 Å². The topological polar surface area (TPSA) is 86.6 Å². The Morgan fingerprint density at radius 3 is 2.59 bits per heavy atom. The van der Waals surface area contributed by atoms with Crippen LogP contribution < -0.4 is 5.32 Å². The lowest BCUT2D eigenvalue weighted by molar-refractivity contribution is -0.139. The van der Waals surface area contributed by atoms with Crippen LogP contribution in [0.25, 0.3) is 0 Å². The van der Waals surface area contributed by atoms with Crippen LogP contribution in [0.4, 0.5) is 0 Å². The first-order valence-electron chi connectivity index (χ1n) is 5.33. The summed E-state index contributed by atoms with van der Waals surface area (Å²) in [6, 6.07) is 5.82. The second-order valence-corrected chi connectivity index (χ2v) is 3.69. The maximum atomic E-state index is 10.8. The van der Waals surface area contributed by atoms with E-state index >= 15 is 0 Å². The summed E-state index contributed by atoms with van der Waals surface area (Å²) in [5, 5.41) is 20.5. The molecule has 0 radical (unpaired) electrons. The van der Waals surface area contributed by atoms with E-state index < -0.39 is 18.0 Å². The van der Waals surface area contributed by atoms with Crippen molar-refractivity contribution in [3.63, 3.8) is 0 Å². The summed E-state index contributed by atoms with van der Waals surface area (Å²) < 4.78 is 0. The number of aromatic carboxylic acids is 1. The van der Waals surface area contributed by atoms with Crippen LogP contribution in [-0.2, 0) is 11.3 Å². The highest BCUT2D eigenvalue weighted by molar-refractivity contribution is 5.87. The molecule has 0 unspecified atom stereocenters. The standard InChI is InChI=1S/C12H15NO4/c1-2-10(12(16)17)13-7-8-4-3-5-9(6-8)11(14)15/h3-6,10,13H,2,7H2,1H3,(H,14,15)(H,16,17)/t10-/m0/s1. The lowest BCUT2D eigenvalue weighted by atomic mass is 10.1. The SMILES string of the molecule is CC[C@H](NCc1cccc(C(=O)O)c1)C(=O)O. The van der Waals surface area contributed by atoms with Crippen molar-refractivity contribution in [3.8, 4) is 0 Å². The Kier molecular flexibility index (Phi) is 4.66. The molecular weight excluding hydrogens is 222 g/mol. The minimum atomic E-state index is -0.989. The number of carboxylic acids is 2. The number of rotatable bonds is 6. The molecule has 3 N–H and O–H groups in total. The molecule has 0 heterocycles. The molecule has 17 heavy (non-hydrogen) atoms. The van der Waals surface area contributed by atoms with Crippen LogP contribution in [-0.4, -0.2) is 28.2 Å². The van der Waals surface area contributed by atoms with Gasteiger partial charge in [-0.3, -0.25) is 4.79 Å². The van der Waals surface area contributed by atoms with Gasteiger partial charge < -0.3 is 15.5 Å². The van der Waals surface area contributed by atoms with Crippen molar-refractivity contribution in [1.82, 2.24) is 5.32 Å². The number of carboxylic acid groups (broad SMARTS) is 2. The molecule has 0 aliphatic heterocycles. The average molecular weight is 237 g/mol. The molecule has 1 rings (SSSR count). The second kappa shape index (κ2) is 6.00. The zero-order chi connectivity index (χ0) is 12.8. The fourth-order valence-corrected chi connectivity index (χ4v) is 1.46. The Balaban J connectivity index is 2.66. The van der Waals surface area contributed by atoms with Gasteiger partial charge in [-0.2, -0.15) is 0 Å². The summed E-state index contributed by atoms with van der Waals surface area (Å²) >= 11 is 0. The smallest absolute Gasteiger partial charge is 0.335 e. The third-order valence-electron chi connectivity index (χ3n) is 2.43. The van der Waals surface area contributed by atoms with Crippen molar-refractivity contribution >= 4 is 11.9 Å². The molecule has 0 bridgehead atoms. The van der Waals surface area contributed by atoms with Crippen molar-refractivity contribution in [2.45, 2.75) is 25.9 Å². The fraction of sp³-hybridized carbons (Fsp3) is 0.333. The van der Waals surface area contributed by atoms with Gasteiger partial charge in [-0.25, -0.2) is 4.79 Å². The molecule has 0 spiro atoms. The lowest BCUT2D eigenvalue weighted by Gasteiger charge is -2.12. The molecular formula is C12H15NO4. The van der Waals surface area contributed by atoms with Gasteiger partial charge in [0.05, 0.1) is 5.56 Å². The van der Waals surface area contributed by atoms with Crippen LogP contribution in [0.15, 0.2) is 24.3 Å². The average Bonchev–Trinajstić information content (AvgIpc) is 2.29. The zero-order valence-electron chi connectivity index (χ0n) is 9.51. The van der Waals surface area contributed by atoms with Gasteiger partial charge in [-0.05, 0) is 24.1 Å². The van der Waals surface area contributed by atoms with E-state index in [1.54, 1.807) is 19.1 Å². The van der Waals surface area contributed by atoms with E-state index in [1.165, 1.54) is 12.1 Å². The van der Waals surface area contributed by atoms with Crippen LogP contribution in [0.2, 0.25) is 0 Å². The third-order valence-corrected chi connectivity index (χ3v) is 2.43. The van der Waals surface area contributed by atoms with Gasteiger partial charge in [0.15, 0.2) is 0 Å². The van der Waals surface area contributed by atoms with E-state index in [2.05, 4.69) is 5.32 Å². The molecule has 1 aromatic carbocycles. The number of carbonyl (C=O) groups is 2. The highest BCUT2D eigenvalue weighted by Gasteiger charge is 2.13. The molecule has 0 amide bonds. The molecule has 0 aromatic heterocycles. The molecule has 92 valence electrons. The van der Waals surface area contributed by atoms with Crippen LogP contribution in [0.3, 0.4) is 0 Å². The van der Waals surface area contributed by atoms with Crippen molar-refractivity contribution in [2.75, 3.05) is 0 Å². The number of hydrogen-bond acceptors (Lipinski definition) is 3. The van der Waals surface area contributed by atoms with Crippen molar-refractivity contribution in [3.05, 3.63) is 35.4 Å². The van der Waals surface area contributed by atoms with Gasteiger partial charge in [-0.1, -0.05) is 19.1 Å². The van der Waals surface area contributed by atoms with Crippen LogP contribution in [0.1, 0.15) is 29.3 Å². The van der Waals surface area contributed by atoms with Crippen LogP contribution in [0.5, 0.6) is 0 Å². The largest absolute Gasteiger partial charge is 0.480 e. The fourth-order valence-electron chi connectivity index (χ4n) is 1.46. The monoisotopic (exact) mass is 237 g/mol. The quantitative estimate of drug-likeness (QED) is 0.695. The van der Waals surface area contributed by atoms with Crippen molar-refractivity contribution in [2.24, 2.45) is 0 Å². The molecule has 0 aliphatic carbocycles. The molecule has 1 aromatic rings. The number of aliphatic carboxylic acids is 1. The lowest BCUT2D eigenvalue weighted by Crippen LogP contribution is -2.35. The molecule has 0 aliphatic rings. The first-order valence-corrected chi connectivity index (χ1v) is 5.33. The van der Waals surface area contributed by atoms with Crippen molar-refractivity contribution < 1.29 is 19.8 Å². The Labute approximate surface area is 99.1 Å². The maximum Gasteiger partial charge on any atom is 0.335 e. The first kappa shape index (κ1) is 13.2. The van der Waals surface area contributed by atoms with E-state index in [0.29, 0.717) is 13.0 Å². The van der Waals surface area contributed by atoms with Crippen LogP contribution >= 0.6 is 0 Å². The summed E-state index contributed by atoms with van der Waals surface area (Å²) in [4.78, 5) is 21.5. The predicted octanol–water partition coefficient (Wildman–Crippen LogP) is 1.34. The number of hydrogen-bond donors (Lipinski definition) is 3. The first-order chi connectivity index (χ1) is 8.04. The van der Waals surface area contributed by atoms with E-state index in [0.717, 1.165) is 5.56 Å². The second-order valence-electron chi connectivity index (χ2n) is 3.69. The summed E-state index contributed by atoms with van der Waals surface area (Å²) in [7, 11) is 0. The van der Waals surface area contributed by atoms with Gasteiger partial charge in [0, 0.05) is 6.54 Å². The molecule has 0 saturated heterocycles. The summed E-state index contributed by atoms with van der Waals surface area (Å²) in [6.45, 7) is 2.12. The van der Waals surface area contributed by atoms with E-state index in [9.17, 15) is 9.59 Å². The van der Waals surface area contributed by atoms with Gasteiger partial charge in [-0.15, -0.1) is 0 Å². The Bertz CT molecular complexity index is 417. The van der Waals surface area contributed by atoms with E-state index in [4.69, 9.17) is 10.2 Å². The van der Waals surface area contributed by atoms with Crippen molar-refractivity contribution in [1.29, 1.82) is 0 Å². The van der Waals surface area contributed by atoms with E-state index in [-0.39, 0.29) is 5.56 Å². The summed E-state index contributed by atoms with van der Waals surface area (Å²) in [6.07, 6.45) is 0.480. The Morgan fingerprint density at radius 2 is 2.06 bits per heavy atom. The normalized spacial score (nSPS) is 12.1. The summed E-state index contributed by atoms with van der Waals surface area (Å²) in [5.74, 6) is -1.89.